The van der Waals surface area contributed by atoms with Crippen molar-refractivity contribution in [2.75, 3.05) is 18.0 Å². The third kappa shape index (κ3) is 3.51. The van der Waals surface area contributed by atoms with Crippen LogP contribution in [0.15, 0.2) is 36.7 Å². The van der Waals surface area contributed by atoms with E-state index in [9.17, 15) is 0 Å². The van der Waals surface area contributed by atoms with E-state index in [1.165, 1.54) is 18.4 Å². The van der Waals surface area contributed by atoms with Gasteiger partial charge in [0.15, 0.2) is 0 Å². The third-order valence-corrected chi connectivity index (χ3v) is 3.95. The first-order valence-electron chi connectivity index (χ1n) is 7.52. The Bertz CT molecular complexity index is 606. The molecule has 0 spiro atoms. The second-order valence-electron chi connectivity index (χ2n) is 5.80. The van der Waals surface area contributed by atoms with Gasteiger partial charge in [-0.15, -0.1) is 0 Å². The monoisotopic (exact) mass is 283 g/mol. The minimum Gasteiger partial charge on any atom is -0.439 e. The van der Waals surface area contributed by atoms with Gasteiger partial charge < -0.3 is 9.64 Å². The van der Waals surface area contributed by atoms with Gasteiger partial charge in [0.05, 0.1) is 0 Å². The Labute approximate surface area is 125 Å². The Balaban J connectivity index is 1.74. The summed E-state index contributed by atoms with van der Waals surface area (Å²) in [6.45, 7) is 6.47. The molecule has 1 aromatic carbocycles. The smallest absolute Gasteiger partial charge is 0.224 e. The van der Waals surface area contributed by atoms with Crippen molar-refractivity contribution in [3.8, 4) is 11.6 Å². The number of piperidine rings is 1. The van der Waals surface area contributed by atoms with Crippen molar-refractivity contribution in [1.29, 1.82) is 0 Å². The van der Waals surface area contributed by atoms with Gasteiger partial charge in [0.25, 0.3) is 0 Å². The van der Waals surface area contributed by atoms with Gasteiger partial charge in [-0.2, -0.15) is 0 Å². The average molecular weight is 283 g/mol. The minimum absolute atomic E-state index is 0.601. The summed E-state index contributed by atoms with van der Waals surface area (Å²) in [7, 11) is 0. The summed E-state index contributed by atoms with van der Waals surface area (Å²) in [5.41, 5.74) is 1.17. The van der Waals surface area contributed by atoms with Gasteiger partial charge in [0.1, 0.15) is 17.9 Å². The molecule has 1 fully saturated rings. The zero-order valence-corrected chi connectivity index (χ0v) is 12.6. The van der Waals surface area contributed by atoms with Gasteiger partial charge in [-0.3, -0.25) is 0 Å². The summed E-state index contributed by atoms with van der Waals surface area (Å²) in [5, 5.41) is 0. The molecule has 1 aliphatic rings. The third-order valence-electron chi connectivity index (χ3n) is 3.95. The summed E-state index contributed by atoms with van der Waals surface area (Å²) in [6.07, 6.45) is 4.02. The van der Waals surface area contributed by atoms with Gasteiger partial charge >= 0.3 is 0 Å². The van der Waals surface area contributed by atoms with Gasteiger partial charge in [0, 0.05) is 19.2 Å². The van der Waals surface area contributed by atoms with Crippen molar-refractivity contribution < 1.29 is 4.74 Å². The van der Waals surface area contributed by atoms with Gasteiger partial charge in [-0.25, -0.2) is 9.97 Å². The van der Waals surface area contributed by atoms with Crippen molar-refractivity contribution in [2.45, 2.75) is 26.7 Å². The van der Waals surface area contributed by atoms with E-state index in [4.69, 9.17) is 4.74 Å². The molecule has 1 saturated heterocycles. The second kappa shape index (κ2) is 6.12. The summed E-state index contributed by atoms with van der Waals surface area (Å²) < 4.78 is 5.83. The van der Waals surface area contributed by atoms with Crippen LogP contribution in [0.5, 0.6) is 11.6 Å². The number of aryl methyl sites for hydroxylation is 1. The second-order valence-corrected chi connectivity index (χ2v) is 5.80. The zero-order chi connectivity index (χ0) is 14.7. The molecule has 110 valence electrons. The van der Waals surface area contributed by atoms with Crippen LogP contribution in [0.2, 0.25) is 0 Å². The van der Waals surface area contributed by atoms with E-state index < -0.39 is 0 Å². The van der Waals surface area contributed by atoms with Gasteiger partial charge in [-0.1, -0.05) is 19.1 Å². The number of hydrogen-bond donors (Lipinski definition) is 0. The number of nitrogens with zero attached hydrogens (tertiary/aromatic N) is 3. The highest BCUT2D eigenvalue weighted by Crippen LogP contribution is 2.25. The average Bonchev–Trinajstić information content (AvgIpc) is 2.48. The fraction of sp³-hybridized carbons (Fsp3) is 0.412. The molecule has 1 aliphatic heterocycles. The molecule has 0 atom stereocenters. The fourth-order valence-corrected chi connectivity index (χ4v) is 2.60. The molecule has 0 bridgehead atoms. The largest absolute Gasteiger partial charge is 0.439 e. The van der Waals surface area contributed by atoms with Crippen molar-refractivity contribution in [1.82, 2.24) is 9.97 Å². The number of ether oxygens (including phenoxy) is 1. The van der Waals surface area contributed by atoms with Crippen molar-refractivity contribution in [3.63, 3.8) is 0 Å². The van der Waals surface area contributed by atoms with Crippen LogP contribution in [0.25, 0.3) is 0 Å². The molecule has 21 heavy (non-hydrogen) atoms. The highest BCUT2D eigenvalue weighted by Gasteiger charge is 2.17. The molecule has 0 radical (unpaired) electrons. The van der Waals surface area contributed by atoms with Crippen LogP contribution in [0.3, 0.4) is 0 Å². The highest BCUT2D eigenvalue weighted by molar-refractivity contribution is 5.42. The number of aromatic nitrogens is 2. The van der Waals surface area contributed by atoms with Crippen molar-refractivity contribution in [2.24, 2.45) is 5.92 Å². The lowest BCUT2D eigenvalue weighted by Gasteiger charge is -2.31. The fourth-order valence-electron chi connectivity index (χ4n) is 2.60. The first-order valence-corrected chi connectivity index (χ1v) is 7.52. The molecule has 4 nitrogen and oxygen atoms in total. The lowest BCUT2D eigenvalue weighted by molar-refractivity contribution is 0.433. The summed E-state index contributed by atoms with van der Waals surface area (Å²) in [6, 6.07) is 9.91. The molecule has 0 unspecified atom stereocenters. The summed E-state index contributed by atoms with van der Waals surface area (Å²) in [4.78, 5) is 10.9. The Morgan fingerprint density at radius 1 is 1.14 bits per heavy atom. The van der Waals surface area contributed by atoms with E-state index >= 15 is 0 Å². The van der Waals surface area contributed by atoms with Crippen LogP contribution in [0.1, 0.15) is 25.3 Å². The lowest BCUT2D eigenvalue weighted by atomic mass is 9.99. The van der Waals surface area contributed by atoms with Crippen molar-refractivity contribution >= 4 is 5.82 Å². The van der Waals surface area contributed by atoms with E-state index in [0.717, 1.165) is 30.6 Å². The highest BCUT2D eigenvalue weighted by atomic mass is 16.5. The van der Waals surface area contributed by atoms with E-state index in [2.05, 4.69) is 21.8 Å². The van der Waals surface area contributed by atoms with E-state index in [-0.39, 0.29) is 0 Å². The standard InChI is InChI=1S/C17H21N3O/c1-13-6-8-20(9-7-13)16-11-17(19-12-18-16)21-15-5-3-4-14(2)10-15/h3-5,10-13H,6-9H2,1-2H3. The molecule has 0 amide bonds. The molecule has 4 heteroatoms. The molecule has 0 N–H and O–H groups in total. The molecule has 2 aromatic rings. The zero-order valence-electron chi connectivity index (χ0n) is 12.6. The first-order chi connectivity index (χ1) is 10.2. The predicted molar refractivity (Wildman–Crippen MR) is 83.9 cm³/mol. The molecular formula is C17H21N3O. The predicted octanol–water partition coefficient (Wildman–Crippen LogP) is 3.81. The SMILES string of the molecule is Cc1cccc(Oc2cc(N3CCC(C)CC3)ncn2)c1. The Hall–Kier alpha value is -2.10. The number of anilines is 1. The van der Waals surface area contributed by atoms with Crippen LogP contribution < -0.4 is 9.64 Å². The quantitative estimate of drug-likeness (QED) is 0.858. The number of benzene rings is 1. The number of hydrogen-bond acceptors (Lipinski definition) is 4. The minimum atomic E-state index is 0.601. The topological polar surface area (TPSA) is 38.2 Å². The Kier molecular flexibility index (Phi) is 4.04. The number of rotatable bonds is 3. The van der Waals surface area contributed by atoms with Crippen LogP contribution in [-0.2, 0) is 0 Å². The molecular weight excluding hydrogens is 262 g/mol. The maximum absolute atomic E-state index is 5.83. The lowest BCUT2D eigenvalue weighted by Crippen LogP contribution is -2.33. The van der Waals surface area contributed by atoms with E-state index in [1.807, 2.05) is 37.3 Å². The maximum Gasteiger partial charge on any atom is 0.224 e. The Morgan fingerprint density at radius 2 is 1.95 bits per heavy atom. The molecule has 0 aliphatic carbocycles. The molecule has 3 rings (SSSR count). The van der Waals surface area contributed by atoms with Crippen LogP contribution >= 0.6 is 0 Å². The van der Waals surface area contributed by atoms with Crippen LogP contribution in [-0.4, -0.2) is 23.1 Å². The Morgan fingerprint density at radius 3 is 2.71 bits per heavy atom. The van der Waals surface area contributed by atoms with Gasteiger partial charge in [0.2, 0.25) is 5.88 Å². The summed E-state index contributed by atoms with van der Waals surface area (Å²) in [5.74, 6) is 3.18. The molecule has 0 saturated carbocycles. The van der Waals surface area contributed by atoms with Crippen LogP contribution in [0.4, 0.5) is 5.82 Å². The van der Waals surface area contributed by atoms with E-state index in [1.54, 1.807) is 6.33 Å². The normalized spacial score (nSPS) is 16.0. The molecule has 1 aromatic heterocycles. The maximum atomic E-state index is 5.83. The van der Waals surface area contributed by atoms with Crippen molar-refractivity contribution in [3.05, 3.63) is 42.2 Å². The molecule has 2 heterocycles. The van der Waals surface area contributed by atoms with E-state index in [0.29, 0.717) is 5.88 Å². The van der Waals surface area contributed by atoms with Gasteiger partial charge in [-0.05, 0) is 43.4 Å². The first kappa shape index (κ1) is 13.9. The van der Waals surface area contributed by atoms with Crippen LogP contribution in [0, 0.1) is 12.8 Å². The summed E-state index contributed by atoms with van der Waals surface area (Å²) >= 11 is 0.